The monoisotopic (exact) mass is 462 g/mol. The van der Waals surface area contributed by atoms with Gasteiger partial charge in [-0.15, -0.1) is 10.2 Å². The van der Waals surface area contributed by atoms with Crippen molar-refractivity contribution in [1.82, 2.24) is 15.5 Å². The van der Waals surface area contributed by atoms with Gasteiger partial charge >= 0.3 is 12.1 Å². The van der Waals surface area contributed by atoms with E-state index in [0.29, 0.717) is 12.6 Å². The van der Waals surface area contributed by atoms with Crippen molar-refractivity contribution in [3.63, 3.8) is 0 Å². The van der Waals surface area contributed by atoms with Crippen molar-refractivity contribution < 1.29 is 37.0 Å². The predicted octanol–water partition coefficient (Wildman–Crippen LogP) is 2.52. The number of nitrogens with zero attached hydrogens (tertiary/aromatic N) is 3. The number of aromatic nitrogens is 2. The number of furan rings is 1. The summed E-state index contributed by atoms with van der Waals surface area (Å²) in [5.74, 6) is -2.07. The number of nitrogens with one attached hydrogen (secondary N) is 1. The molecule has 2 aromatic heterocycles. The van der Waals surface area contributed by atoms with Crippen molar-refractivity contribution in [2.45, 2.75) is 57.2 Å². The van der Waals surface area contributed by atoms with Crippen molar-refractivity contribution >= 4 is 28.3 Å². The van der Waals surface area contributed by atoms with E-state index >= 15 is 0 Å². The van der Waals surface area contributed by atoms with Gasteiger partial charge < -0.3 is 24.5 Å². The summed E-state index contributed by atoms with van der Waals surface area (Å²) in [4.78, 5) is 23.5. The number of hydrogen-bond donors (Lipinski definition) is 2. The molecule has 0 saturated carbocycles. The third-order valence-electron chi connectivity index (χ3n) is 4.86. The zero-order valence-corrected chi connectivity index (χ0v) is 17.3. The maximum atomic E-state index is 12.3. The Bertz CT molecular complexity index is 889. The Morgan fingerprint density at radius 1 is 1.32 bits per heavy atom. The van der Waals surface area contributed by atoms with Crippen molar-refractivity contribution in [3.05, 3.63) is 29.2 Å². The Kier molecular flexibility index (Phi) is 7.15. The molecule has 4 rings (SSSR count). The van der Waals surface area contributed by atoms with Gasteiger partial charge in [-0.25, -0.2) is 4.79 Å². The van der Waals surface area contributed by atoms with Gasteiger partial charge in [-0.05, 0) is 38.3 Å². The van der Waals surface area contributed by atoms with Crippen LogP contribution in [0, 0.1) is 6.92 Å². The Labute approximate surface area is 179 Å². The molecule has 13 heteroatoms. The maximum absolute atomic E-state index is 12.3. The zero-order valence-electron chi connectivity index (χ0n) is 16.5. The smallest absolute Gasteiger partial charge is 0.475 e. The minimum atomic E-state index is -5.08. The van der Waals surface area contributed by atoms with Crippen LogP contribution in [0.1, 0.15) is 30.0 Å². The van der Waals surface area contributed by atoms with Crippen LogP contribution in [0.25, 0.3) is 0 Å². The highest BCUT2D eigenvalue weighted by atomic mass is 32.1. The van der Waals surface area contributed by atoms with E-state index in [1.807, 2.05) is 19.1 Å². The highest BCUT2D eigenvalue weighted by Crippen LogP contribution is 2.36. The third-order valence-corrected chi connectivity index (χ3v) is 5.74. The first-order valence-corrected chi connectivity index (χ1v) is 10.3. The van der Waals surface area contributed by atoms with Gasteiger partial charge in [0.15, 0.2) is 0 Å². The summed E-state index contributed by atoms with van der Waals surface area (Å²) in [6, 6.07) is 3.95. The summed E-state index contributed by atoms with van der Waals surface area (Å²) in [5.41, 5.74) is 0. The number of carbonyl (C=O) groups is 2. The van der Waals surface area contributed by atoms with Crippen molar-refractivity contribution in [2.75, 3.05) is 11.4 Å². The molecule has 0 spiro atoms. The highest BCUT2D eigenvalue weighted by molar-refractivity contribution is 7.15. The minimum absolute atomic E-state index is 0.0601. The Morgan fingerprint density at radius 3 is 2.65 bits per heavy atom. The van der Waals surface area contributed by atoms with E-state index in [4.69, 9.17) is 19.1 Å². The van der Waals surface area contributed by atoms with Crippen LogP contribution in [-0.2, 0) is 20.9 Å². The van der Waals surface area contributed by atoms with Crippen LogP contribution >= 0.6 is 11.3 Å². The molecule has 0 unspecified atom stereocenters. The van der Waals surface area contributed by atoms with Gasteiger partial charge in [0, 0.05) is 6.54 Å². The molecular weight excluding hydrogens is 441 g/mol. The number of amides is 1. The first-order valence-electron chi connectivity index (χ1n) is 9.47. The molecule has 2 aromatic rings. The van der Waals surface area contributed by atoms with Crippen molar-refractivity contribution in [3.8, 4) is 0 Å². The van der Waals surface area contributed by atoms with E-state index < -0.39 is 12.1 Å². The van der Waals surface area contributed by atoms with Crippen molar-refractivity contribution in [2.24, 2.45) is 0 Å². The molecule has 3 atom stereocenters. The third kappa shape index (κ3) is 5.94. The zero-order chi connectivity index (χ0) is 22.6. The summed E-state index contributed by atoms with van der Waals surface area (Å²) in [7, 11) is 0. The fraction of sp³-hybridized carbons (Fsp3) is 0.556. The average Bonchev–Trinajstić information content (AvgIpc) is 3.46. The average molecular weight is 462 g/mol. The van der Waals surface area contributed by atoms with Gasteiger partial charge in [-0.2, -0.15) is 13.2 Å². The molecule has 2 aliphatic rings. The number of carbonyl (C=O) groups excluding carboxylic acids is 1. The van der Waals surface area contributed by atoms with Crippen LogP contribution in [-0.4, -0.2) is 58.2 Å². The van der Waals surface area contributed by atoms with Gasteiger partial charge in [0.2, 0.25) is 11.0 Å². The number of hydrogen-bond acceptors (Lipinski definition) is 8. The van der Waals surface area contributed by atoms with Crippen LogP contribution in [0.5, 0.6) is 0 Å². The van der Waals surface area contributed by atoms with Gasteiger partial charge in [-0.1, -0.05) is 11.3 Å². The molecule has 0 aromatic carbocycles. The molecule has 2 aliphatic heterocycles. The molecule has 4 heterocycles. The lowest BCUT2D eigenvalue weighted by atomic mass is 9.99. The number of anilines is 1. The summed E-state index contributed by atoms with van der Waals surface area (Å²) >= 11 is 1.61. The van der Waals surface area contributed by atoms with Gasteiger partial charge in [-0.3, -0.25) is 4.79 Å². The first kappa shape index (κ1) is 23.0. The largest absolute Gasteiger partial charge is 0.490 e. The Morgan fingerprint density at radius 2 is 2.06 bits per heavy atom. The number of aryl methyl sites for hydroxylation is 1. The van der Waals surface area contributed by atoms with Crippen molar-refractivity contribution in [1.29, 1.82) is 0 Å². The molecule has 2 saturated heterocycles. The number of fused-ring (bicyclic) bond motifs is 1. The van der Waals surface area contributed by atoms with Crippen LogP contribution in [0.15, 0.2) is 22.8 Å². The van der Waals surface area contributed by atoms with Gasteiger partial charge in [0.25, 0.3) is 0 Å². The van der Waals surface area contributed by atoms with E-state index in [1.165, 1.54) is 0 Å². The number of rotatable bonds is 4. The molecule has 170 valence electrons. The Balaban J connectivity index is 0.000000339. The molecule has 31 heavy (non-hydrogen) atoms. The minimum Gasteiger partial charge on any atom is -0.475 e. The molecule has 9 nitrogen and oxygen atoms in total. The van der Waals surface area contributed by atoms with Gasteiger partial charge in [0.1, 0.15) is 16.9 Å². The number of alkyl halides is 3. The predicted molar refractivity (Wildman–Crippen MR) is 103 cm³/mol. The normalized spacial score (nSPS) is 23.0. The van der Waals surface area contributed by atoms with E-state index in [0.717, 1.165) is 41.7 Å². The second-order valence-electron chi connectivity index (χ2n) is 6.99. The highest BCUT2D eigenvalue weighted by Gasteiger charge is 2.42. The quantitative estimate of drug-likeness (QED) is 0.712. The molecule has 0 radical (unpaired) electrons. The second kappa shape index (κ2) is 9.64. The van der Waals surface area contributed by atoms with Crippen LogP contribution in [0.3, 0.4) is 0 Å². The number of carboxylic acids is 1. The molecule has 1 amide bonds. The summed E-state index contributed by atoms with van der Waals surface area (Å²) < 4.78 is 43.0. The lowest BCUT2D eigenvalue weighted by molar-refractivity contribution is -0.192. The van der Waals surface area contributed by atoms with E-state index in [9.17, 15) is 18.0 Å². The molecule has 0 bridgehead atoms. The number of aliphatic carboxylic acids is 1. The molecule has 2 N–H and O–H groups in total. The number of carboxylic acid groups (broad SMARTS) is 1. The Hall–Kier alpha value is -2.67. The fourth-order valence-electron chi connectivity index (χ4n) is 3.46. The molecule has 2 fully saturated rings. The molecular formula is C18H21F3N4O5S. The summed E-state index contributed by atoms with van der Waals surface area (Å²) in [6.45, 7) is 3.27. The SMILES string of the molecule is Cc1nnc(N2CC[C@H]3O[C@H](C(=O)NCc4ccco4)CC[C@H]32)s1.O=C(O)C(F)(F)F. The standard InChI is InChI=1S/C16H20N4O3S.C2HF3O2/c1-10-18-19-16(24-10)20-7-6-13-12(20)4-5-14(23-13)15(21)17-9-11-3-2-8-22-11;3-2(4,5)1(6)7/h2-3,8,12-14H,4-7,9H2,1H3,(H,17,21);(H,6,7)/t12-,13-,14+;/m1./s1. The van der Waals surface area contributed by atoms with E-state index in [1.54, 1.807) is 17.6 Å². The number of ether oxygens (including phenoxy) is 1. The second-order valence-corrected chi connectivity index (χ2v) is 8.15. The van der Waals surface area contributed by atoms with Crippen LogP contribution < -0.4 is 10.2 Å². The molecule has 0 aliphatic carbocycles. The van der Waals surface area contributed by atoms with E-state index in [-0.39, 0.29) is 18.1 Å². The van der Waals surface area contributed by atoms with Gasteiger partial charge in [0.05, 0.1) is 25.0 Å². The topological polar surface area (TPSA) is 118 Å². The lowest BCUT2D eigenvalue weighted by Crippen LogP contribution is -2.47. The van der Waals surface area contributed by atoms with Crippen LogP contribution in [0.2, 0.25) is 0 Å². The van der Waals surface area contributed by atoms with Crippen LogP contribution in [0.4, 0.5) is 18.3 Å². The summed E-state index contributed by atoms with van der Waals surface area (Å²) in [6.07, 6.45) is -1.20. The maximum Gasteiger partial charge on any atom is 0.490 e. The fourth-order valence-corrected chi connectivity index (χ4v) is 4.23. The number of halogens is 3. The first-order chi connectivity index (χ1) is 14.6. The van der Waals surface area contributed by atoms with E-state index in [2.05, 4.69) is 20.4 Å². The summed E-state index contributed by atoms with van der Waals surface area (Å²) in [5, 5.41) is 20.3. The lowest BCUT2D eigenvalue weighted by Gasteiger charge is -2.35.